The summed E-state index contributed by atoms with van der Waals surface area (Å²) in [6.07, 6.45) is -4.08. The smallest absolute Gasteiger partial charge is 0.423 e. The zero-order chi connectivity index (χ0) is 27.3. The highest BCUT2D eigenvalue weighted by Gasteiger charge is 2.38. The van der Waals surface area contributed by atoms with Gasteiger partial charge in [0.05, 0.1) is 18.5 Å². The normalized spacial score (nSPS) is 12.9. The minimum Gasteiger partial charge on any atom is -0.462 e. The van der Waals surface area contributed by atoms with Gasteiger partial charge in [-0.1, -0.05) is 31.2 Å². The summed E-state index contributed by atoms with van der Waals surface area (Å²) in [6, 6.07) is 2.50. The zero-order valence-electron chi connectivity index (χ0n) is 20.7. The van der Waals surface area contributed by atoms with Crippen molar-refractivity contribution >= 4 is 31.3 Å². The highest BCUT2D eigenvalue weighted by molar-refractivity contribution is 6.76. The van der Waals surface area contributed by atoms with Crippen molar-refractivity contribution < 1.29 is 27.4 Å². The highest BCUT2D eigenvalue weighted by Crippen LogP contribution is 2.32. The summed E-state index contributed by atoms with van der Waals surface area (Å²) in [6.45, 7) is 9.20. The van der Waals surface area contributed by atoms with Crippen LogP contribution in [0.15, 0.2) is 27.9 Å². The van der Waals surface area contributed by atoms with E-state index in [1.165, 1.54) is 19.1 Å². The fourth-order valence-electron chi connectivity index (χ4n) is 3.17. The first-order valence-corrected chi connectivity index (χ1v) is 15.3. The van der Waals surface area contributed by atoms with E-state index in [0.29, 0.717) is 11.3 Å². The molecule has 0 aliphatic carbocycles. The number of carbonyl (C=O) groups is 1. The molecule has 0 aliphatic heterocycles. The van der Waals surface area contributed by atoms with Crippen LogP contribution >= 0.6 is 11.6 Å². The molecule has 0 aliphatic rings. The quantitative estimate of drug-likeness (QED) is 0.195. The van der Waals surface area contributed by atoms with Gasteiger partial charge in [0.2, 0.25) is 0 Å². The molecule has 0 fully saturated rings. The number of alkyl halides is 3. The van der Waals surface area contributed by atoms with Crippen molar-refractivity contribution in [3.05, 3.63) is 55.3 Å². The first-order valence-electron chi connectivity index (χ1n) is 11.2. The molecule has 2 heterocycles. The SMILES string of the molecule is CCOC(=O)c1ccc(Cl)n(C[C@H](C)Nc2cnn(COCC[Si](C)(C)C)c(=O)c2C(F)(F)F)c1=O. The maximum Gasteiger partial charge on any atom is 0.423 e. The molecule has 0 aromatic carbocycles. The molecule has 2 aromatic heterocycles. The average Bonchev–Trinajstić information content (AvgIpc) is 2.74. The van der Waals surface area contributed by atoms with Gasteiger partial charge in [0.15, 0.2) is 0 Å². The highest BCUT2D eigenvalue weighted by atomic mass is 35.5. The van der Waals surface area contributed by atoms with Gasteiger partial charge in [0.25, 0.3) is 11.1 Å². The van der Waals surface area contributed by atoms with Crippen LogP contribution < -0.4 is 16.4 Å². The third-order valence-corrected chi connectivity index (χ3v) is 7.05. The molecule has 2 aromatic rings. The van der Waals surface area contributed by atoms with Crippen molar-refractivity contribution in [2.45, 2.75) is 65.0 Å². The van der Waals surface area contributed by atoms with E-state index in [1.54, 1.807) is 6.92 Å². The summed E-state index contributed by atoms with van der Waals surface area (Å²) in [4.78, 5) is 37.3. The summed E-state index contributed by atoms with van der Waals surface area (Å²) in [5.41, 5.74) is -4.36. The first kappa shape index (κ1) is 29.6. The maximum absolute atomic E-state index is 13.8. The molecule has 0 saturated heterocycles. The predicted molar refractivity (Wildman–Crippen MR) is 132 cm³/mol. The van der Waals surface area contributed by atoms with Gasteiger partial charge in [-0.2, -0.15) is 18.3 Å². The zero-order valence-corrected chi connectivity index (χ0v) is 22.5. The topological polar surface area (TPSA) is 104 Å². The Balaban J connectivity index is 2.28. The van der Waals surface area contributed by atoms with E-state index < -0.39 is 55.4 Å². The maximum atomic E-state index is 13.8. The molecule has 36 heavy (non-hydrogen) atoms. The Morgan fingerprint density at radius 2 is 1.89 bits per heavy atom. The lowest BCUT2D eigenvalue weighted by molar-refractivity contribution is -0.138. The Hall–Kier alpha value is -2.64. The number of aromatic nitrogens is 3. The molecule has 14 heteroatoms. The molecule has 0 amide bonds. The lowest BCUT2D eigenvalue weighted by Gasteiger charge is -2.21. The van der Waals surface area contributed by atoms with Crippen molar-refractivity contribution in [3.8, 4) is 0 Å². The van der Waals surface area contributed by atoms with Gasteiger partial charge in [-0.25, -0.2) is 9.48 Å². The number of pyridine rings is 1. The van der Waals surface area contributed by atoms with Gasteiger partial charge < -0.3 is 14.8 Å². The van der Waals surface area contributed by atoms with Gasteiger partial charge in [-0.3, -0.25) is 14.2 Å². The molecule has 2 rings (SSSR count). The van der Waals surface area contributed by atoms with Crippen LogP contribution in [0.4, 0.5) is 18.9 Å². The standard InChI is InChI=1S/C22H30ClF3N4O5Si/c1-6-35-21(33)15-7-8-17(23)29(19(15)31)12-14(2)28-16-11-27-30(13-34-9-10-36(3,4)5)20(32)18(16)22(24,25)26/h7-8,11,14,28H,6,9-10,12-13H2,1-5H3/t14-/m0/s1. The molecule has 200 valence electrons. The van der Waals surface area contributed by atoms with Crippen molar-refractivity contribution in [3.63, 3.8) is 0 Å². The van der Waals surface area contributed by atoms with Crippen molar-refractivity contribution in [2.24, 2.45) is 0 Å². The predicted octanol–water partition coefficient (Wildman–Crippen LogP) is 4.07. The van der Waals surface area contributed by atoms with Crippen molar-refractivity contribution in [1.29, 1.82) is 0 Å². The molecule has 9 nitrogen and oxygen atoms in total. The van der Waals surface area contributed by atoms with Gasteiger partial charge >= 0.3 is 12.1 Å². The number of ether oxygens (including phenoxy) is 2. The molecule has 0 saturated carbocycles. The molecule has 0 bridgehead atoms. The molecule has 0 radical (unpaired) electrons. The van der Waals surface area contributed by atoms with Gasteiger partial charge in [0.1, 0.15) is 23.0 Å². The Morgan fingerprint density at radius 1 is 1.22 bits per heavy atom. The van der Waals surface area contributed by atoms with Crippen molar-refractivity contribution in [2.75, 3.05) is 18.5 Å². The summed E-state index contributed by atoms with van der Waals surface area (Å²) in [7, 11) is -1.41. The van der Waals surface area contributed by atoms with Gasteiger partial charge in [-0.15, -0.1) is 0 Å². The van der Waals surface area contributed by atoms with Crippen molar-refractivity contribution in [1.82, 2.24) is 14.3 Å². The molecule has 1 N–H and O–H groups in total. The van der Waals surface area contributed by atoms with E-state index in [1.807, 2.05) is 0 Å². The second-order valence-electron chi connectivity index (χ2n) is 9.34. The summed E-state index contributed by atoms with van der Waals surface area (Å²) >= 11 is 6.09. The Bertz CT molecular complexity index is 1190. The molecule has 0 spiro atoms. The lowest BCUT2D eigenvalue weighted by Crippen LogP contribution is -2.36. The second kappa shape index (κ2) is 12.1. The number of rotatable bonds is 11. The van der Waals surface area contributed by atoms with Crippen LogP contribution in [-0.4, -0.2) is 47.6 Å². The van der Waals surface area contributed by atoms with E-state index in [9.17, 15) is 27.6 Å². The van der Waals surface area contributed by atoms with Crippen LogP contribution in [0.25, 0.3) is 0 Å². The summed E-state index contributed by atoms with van der Waals surface area (Å²) in [5, 5.41) is 6.37. The van der Waals surface area contributed by atoms with Crippen LogP contribution in [0, 0.1) is 0 Å². The number of anilines is 1. The fraction of sp³-hybridized carbons (Fsp3) is 0.545. The van der Waals surface area contributed by atoms with E-state index in [2.05, 4.69) is 30.1 Å². The van der Waals surface area contributed by atoms with E-state index in [4.69, 9.17) is 21.1 Å². The third kappa shape index (κ3) is 7.93. The van der Waals surface area contributed by atoms with Crippen LogP contribution in [0.5, 0.6) is 0 Å². The minimum atomic E-state index is -4.97. The Labute approximate surface area is 212 Å². The number of halogens is 4. The minimum absolute atomic E-state index is 0.0262. The molecule has 0 unspecified atom stereocenters. The first-order chi connectivity index (χ1) is 16.7. The van der Waals surface area contributed by atoms with Gasteiger partial charge in [0, 0.05) is 27.3 Å². The van der Waals surface area contributed by atoms with Crippen LogP contribution in [-0.2, 0) is 28.9 Å². The summed E-state index contributed by atoms with van der Waals surface area (Å²) in [5.74, 6) is -0.840. The number of nitrogens with one attached hydrogen (secondary N) is 1. The lowest BCUT2D eigenvalue weighted by atomic mass is 10.2. The van der Waals surface area contributed by atoms with E-state index >= 15 is 0 Å². The van der Waals surface area contributed by atoms with Crippen LogP contribution in [0.1, 0.15) is 29.8 Å². The molecular weight excluding hydrogens is 521 g/mol. The van der Waals surface area contributed by atoms with Crippen LogP contribution in [0.2, 0.25) is 30.8 Å². The third-order valence-electron chi connectivity index (χ3n) is 5.01. The molecule has 1 atom stereocenters. The largest absolute Gasteiger partial charge is 0.462 e. The Kier molecular flexibility index (Phi) is 9.91. The number of esters is 1. The van der Waals surface area contributed by atoms with Crippen LogP contribution in [0.3, 0.4) is 0 Å². The van der Waals surface area contributed by atoms with Gasteiger partial charge in [-0.05, 0) is 32.0 Å². The molecular formula is C22H30ClF3N4O5Si. The fourth-order valence-corrected chi connectivity index (χ4v) is 4.13. The Morgan fingerprint density at radius 3 is 2.47 bits per heavy atom. The van der Waals surface area contributed by atoms with E-state index in [-0.39, 0.29) is 23.9 Å². The number of nitrogens with zero attached hydrogens (tertiary/aromatic N) is 3. The number of hydrogen-bond donors (Lipinski definition) is 1. The number of carbonyl (C=O) groups excluding carboxylic acids is 1. The average molecular weight is 551 g/mol. The second-order valence-corrected chi connectivity index (χ2v) is 15.3. The summed E-state index contributed by atoms with van der Waals surface area (Å²) < 4.78 is 53.3. The number of hydrogen-bond acceptors (Lipinski definition) is 7. The van der Waals surface area contributed by atoms with E-state index in [0.717, 1.165) is 16.8 Å². The monoisotopic (exact) mass is 550 g/mol.